The maximum atomic E-state index is 12.4. The van der Waals surface area contributed by atoms with Crippen molar-refractivity contribution in [1.29, 1.82) is 0 Å². The lowest BCUT2D eigenvalue weighted by Crippen LogP contribution is -2.59. The Morgan fingerprint density at radius 3 is 2.39 bits per heavy atom. The van der Waals surface area contributed by atoms with Gasteiger partial charge in [-0.15, -0.1) is 0 Å². The van der Waals surface area contributed by atoms with Gasteiger partial charge in [-0.05, 0) is 46.8 Å². The largest absolute Gasteiger partial charge is 0.465 e. The number of carbonyl (C=O) groups is 2. The number of methoxy groups -OCH3 is 1. The van der Waals surface area contributed by atoms with Crippen molar-refractivity contribution in [2.75, 3.05) is 25.1 Å². The van der Waals surface area contributed by atoms with Crippen molar-refractivity contribution < 1.29 is 23.5 Å². The summed E-state index contributed by atoms with van der Waals surface area (Å²) in [6, 6.07) is 5.52. The first kappa shape index (κ1) is 20.0. The van der Waals surface area contributed by atoms with Gasteiger partial charge >= 0.3 is 12.1 Å². The average molecular weight is 389 g/mol. The second-order valence-corrected chi connectivity index (χ2v) is 8.13. The summed E-state index contributed by atoms with van der Waals surface area (Å²) in [5.74, 6) is -0.457. The summed E-state index contributed by atoms with van der Waals surface area (Å²) in [6.45, 7) is 10.5. The van der Waals surface area contributed by atoms with Gasteiger partial charge in [-0.25, -0.2) is 9.59 Å². The molecular formula is C20H27N3O5. The Balaban J connectivity index is 1.85. The van der Waals surface area contributed by atoms with Crippen LogP contribution in [0.2, 0.25) is 0 Å². The molecule has 2 aromatic rings. The lowest BCUT2D eigenvalue weighted by molar-refractivity contribution is 0.0189. The minimum absolute atomic E-state index is 0.0362. The molecule has 0 N–H and O–H groups in total. The van der Waals surface area contributed by atoms with Gasteiger partial charge in [0.05, 0.1) is 12.7 Å². The Morgan fingerprint density at radius 1 is 1.18 bits per heavy atom. The lowest BCUT2D eigenvalue weighted by Gasteiger charge is -2.43. The van der Waals surface area contributed by atoms with E-state index in [-0.39, 0.29) is 18.2 Å². The number of amides is 1. The highest BCUT2D eigenvalue weighted by atomic mass is 16.6. The van der Waals surface area contributed by atoms with Crippen molar-refractivity contribution in [1.82, 2.24) is 9.88 Å². The Hall–Kier alpha value is -2.77. The van der Waals surface area contributed by atoms with Gasteiger partial charge in [-0.1, -0.05) is 6.07 Å². The number of carbonyl (C=O) groups excluding carboxylic acids is 2. The smallest absolute Gasteiger partial charge is 0.410 e. The molecule has 0 unspecified atom stereocenters. The quantitative estimate of drug-likeness (QED) is 0.727. The third-order valence-electron chi connectivity index (χ3n) is 4.60. The fourth-order valence-corrected chi connectivity index (χ4v) is 3.50. The second-order valence-electron chi connectivity index (χ2n) is 8.13. The molecule has 1 saturated heterocycles. The molecule has 1 amide bonds. The number of hydrogen-bond donors (Lipinski definition) is 0. The topological polar surface area (TPSA) is 85.1 Å². The number of anilines is 1. The van der Waals surface area contributed by atoms with Crippen molar-refractivity contribution in [3.63, 3.8) is 0 Å². The Kier molecular flexibility index (Phi) is 5.23. The first-order chi connectivity index (χ1) is 13.1. The van der Waals surface area contributed by atoms with E-state index in [2.05, 4.69) is 4.98 Å². The number of piperazine rings is 1. The number of oxazole rings is 1. The molecule has 28 heavy (non-hydrogen) atoms. The molecule has 1 aromatic heterocycles. The number of nitrogens with zero attached hydrogens (tertiary/aromatic N) is 3. The number of hydrogen-bond acceptors (Lipinski definition) is 7. The van der Waals surface area contributed by atoms with Crippen molar-refractivity contribution >= 4 is 29.2 Å². The minimum atomic E-state index is -0.536. The van der Waals surface area contributed by atoms with E-state index in [0.717, 1.165) is 0 Å². The molecule has 0 saturated carbocycles. The summed E-state index contributed by atoms with van der Waals surface area (Å²) in [4.78, 5) is 32.7. The summed E-state index contributed by atoms with van der Waals surface area (Å²) >= 11 is 0. The van der Waals surface area contributed by atoms with Gasteiger partial charge in [-0.3, -0.25) is 0 Å². The summed E-state index contributed by atoms with van der Waals surface area (Å²) in [5.41, 5.74) is 0.818. The van der Waals surface area contributed by atoms with Crippen molar-refractivity contribution in [2.24, 2.45) is 0 Å². The lowest BCUT2D eigenvalue weighted by atomic mass is 10.1. The monoisotopic (exact) mass is 389 g/mol. The highest BCUT2D eigenvalue weighted by molar-refractivity contribution is 6.01. The van der Waals surface area contributed by atoms with E-state index in [1.165, 1.54) is 7.11 Å². The normalized spacial score (nSPS) is 20.4. The van der Waals surface area contributed by atoms with Crippen LogP contribution in [0, 0.1) is 0 Å². The fraction of sp³-hybridized carbons (Fsp3) is 0.550. The van der Waals surface area contributed by atoms with Crippen LogP contribution < -0.4 is 4.90 Å². The van der Waals surface area contributed by atoms with Crippen LogP contribution in [-0.4, -0.2) is 59.8 Å². The number of esters is 1. The van der Waals surface area contributed by atoms with Crippen LogP contribution in [-0.2, 0) is 9.47 Å². The first-order valence-electron chi connectivity index (χ1n) is 9.35. The van der Waals surface area contributed by atoms with Crippen LogP contribution in [0.3, 0.4) is 0 Å². The van der Waals surface area contributed by atoms with Crippen LogP contribution in [0.15, 0.2) is 22.6 Å². The molecule has 152 valence electrons. The molecule has 0 spiro atoms. The summed E-state index contributed by atoms with van der Waals surface area (Å²) in [6.07, 6.45) is -0.323. The van der Waals surface area contributed by atoms with E-state index in [1.807, 2.05) is 39.5 Å². The number of benzene rings is 1. The Labute approximate surface area is 164 Å². The summed E-state index contributed by atoms with van der Waals surface area (Å²) < 4.78 is 16.3. The number of aromatic nitrogens is 1. The Bertz CT molecular complexity index is 874. The highest BCUT2D eigenvalue weighted by Gasteiger charge is 2.36. The highest BCUT2D eigenvalue weighted by Crippen LogP contribution is 2.30. The first-order valence-corrected chi connectivity index (χ1v) is 9.35. The number of para-hydroxylation sites is 1. The zero-order valence-electron chi connectivity index (χ0n) is 17.2. The molecule has 3 rings (SSSR count). The predicted octanol–water partition coefficient (Wildman–Crippen LogP) is 3.45. The Morgan fingerprint density at radius 2 is 1.82 bits per heavy atom. The van der Waals surface area contributed by atoms with E-state index in [4.69, 9.17) is 13.9 Å². The molecule has 1 fully saturated rings. The van der Waals surface area contributed by atoms with Gasteiger partial charge in [0.2, 0.25) is 0 Å². The maximum Gasteiger partial charge on any atom is 0.410 e. The molecule has 2 heterocycles. The molecule has 0 aliphatic carbocycles. The van der Waals surface area contributed by atoms with Gasteiger partial charge < -0.3 is 23.7 Å². The number of ether oxygens (including phenoxy) is 2. The van der Waals surface area contributed by atoms with E-state index in [0.29, 0.717) is 35.8 Å². The molecule has 1 aliphatic heterocycles. The molecule has 0 radical (unpaired) electrons. The van der Waals surface area contributed by atoms with E-state index < -0.39 is 11.6 Å². The summed E-state index contributed by atoms with van der Waals surface area (Å²) in [7, 11) is 1.34. The molecule has 1 aromatic carbocycles. The van der Waals surface area contributed by atoms with Crippen LogP contribution in [0.1, 0.15) is 45.0 Å². The van der Waals surface area contributed by atoms with E-state index >= 15 is 0 Å². The van der Waals surface area contributed by atoms with Crippen molar-refractivity contribution in [3.05, 3.63) is 23.8 Å². The third-order valence-corrected chi connectivity index (χ3v) is 4.60. The standard InChI is InChI=1S/C20H27N3O5/c1-12-10-22(19(25)28-20(3,4)5)11-13(2)23(12)18-21-16-14(17(24)26-6)8-7-9-15(16)27-18/h7-9,12-13H,10-11H2,1-6H3/t12-,13-/m0/s1. The molecule has 8 nitrogen and oxygen atoms in total. The van der Waals surface area contributed by atoms with Crippen molar-refractivity contribution in [3.8, 4) is 0 Å². The predicted molar refractivity (Wildman–Crippen MR) is 105 cm³/mol. The fourth-order valence-electron chi connectivity index (χ4n) is 3.50. The summed E-state index contributed by atoms with van der Waals surface area (Å²) in [5, 5.41) is 0. The third kappa shape index (κ3) is 3.90. The second kappa shape index (κ2) is 7.33. The van der Waals surface area contributed by atoms with Gasteiger partial charge in [0.25, 0.3) is 6.01 Å². The van der Waals surface area contributed by atoms with Crippen LogP contribution in [0.25, 0.3) is 11.1 Å². The molecule has 0 bridgehead atoms. The maximum absolute atomic E-state index is 12.4. The molecule has 8 heteroatoms. The zero-order valence-corrected chi connectivity index (χ0v) is 17.2. The van der Waals surface area contributed by atoms with Gasteiger partial charge in [0.1, 0.15) is 11.1 Å². The molecule has 2 atom stereocenters. The number of fused-ring (bicyclic) bond motifs is 1. The van der Waals surface area contributed by atoms with E-state index in [9.17, 15) is 9.59 Å². The van der Waals surface area contributed by atoms with Crippen LogP contribution in [0.5, 0.6) is 0 Å². The van der Waals surface area contributed by atoms with Gasteiger partial charge in [-0.2, -0.15) is 4.98 Å². The molecular weight excluding hydrogens is 362 g/mol. The molecule has 1 aliphatic rings. The minimum Gasteiger partial charge on any atom is -0.465 e. The zero-order chi connectivity index (χ0) is 20.6. The number of rotatable bonds is 2. The van der Waals surface area contributed by atoms with E-state index in [1.54, 1.807) is 23.1 Å². The average Bonchev–Trinajstić information content (AvgIpc) is 3.02. The SMILES string of the molecule is COC(=O)c1cccc2oc(N3[C@@H](C)CN(C(=O)OC(C)(C)C)C[C@@H]3C)nc12. The van der Waals surface area contributed by atoms with Gasteiger partial charge in [0.15, 0.2) is 5.58 Å². The van der Waals surface area contributed by atoms with Crippen LogP contribution >= 0.6 is 0 Å². The van der Waals surface area contributed by atoms with Crippen LogP contribution in [0.4, 0.5) is 10.8 Å². The van der Waals surface area contributed by atoms with Crippen molar-refractivity contribution in [2.45, 2.75) is 52.3 Å². The van der Waals surface area contributed by atoms with Gasteiger partial charge in [0, 0.05) is 25.2 Å².